The number of esters is 1. The molecule has 2 N–H and O–H groups in total. The van der Waals surface area contributed by atoms with Crippen molar-refractivity contribution in [2.24, 2.45) is 0 Å². The molecule has 7 nitrogen and oxygen atoms in total. The number of aliphatic hydroxyl groups is 2. The second-order valence-electron chi connectivity index (χ2n) is 7.05. The Hall–Kier alpha value is -2.12. The van der Waals surface area contributed by atoms with Crippen LogP contribution in [0.25, 0.3) is 0 Å². The summed E-state index contributed by atoms with van der Waals surface area (Å²) in [6.45, 7) is 3.51. The van der Waals surface area contributed by atoms with Crippen LogP contribution in [0.5, 0.6) is 0 Å². The monoisotopic (exact) mass is 378 g/mol. The number of methoxy groups -OCH3 is 1. The standard InChI is InChI=1S/C20H30N2O5/c1-5-15(6-2)21(3)17-11-14(19(26)27-4)7-8-16(17)22-18(25)9-10-20(22,12-23)13-24/h7-8,11,15,23-24H,5-6,9-10,12-13H2,1-4H3. The van der Waals surface area contributed by atoms with Gasteiger partial charge in [-0.15, -0.1) is 0 Å². The van der Waals surface area contributed by atoms with Gasteiger partial charge in [0.2, 0.25) is 5.91 Å². The highest BCUT2D eigenvalue weighted by Gasteiger charge is 2.46. The second kappa shape index (κ2) is 8.71. The molecule has 0 bridgehead atoms. The Bertz CT molecular complexity index is 683. The summed E-state index contributed by atoms with van der Waals surface area (Å²) < 4.78 is 4.84. The number of hydrogen-bond donors (Lipinski definition) is 2. The van der Waals surface area contributed by atoms with Crippen LogP contribution in [0, 0.1) is 0 Å². The van der Waals surface area contributed by atoms with Gasteiger partial charge >= 0.3 is 5.97 Å². The van der Waals surface area contributed by atoms with E-state index < -0.39 is 11.5 Å². The Balaban J connectivity index is 2.64. The Labute approximate surface area is 160 Å². The van der Waals surface area contributed by atoms with Crippen LogP contribution in [-0.4, -0.2) is 61.0 Å². The van der Waals surface area contributed by atoms with E-state index in [1.54, 1.807) is 18.2 Å². The molecule has 1 aliphatic heterocycles. The van der Waals surface area contributed by atoms with Gasteiger partial charge in [-0.3, -0.25) is 9.69 Å². The molecule has 27 heavy (non-hydrogen) atoms. The van der Waals surface area contributed by atoms with E-state index in [-0.39, 0.29) is 31.6 Å². The van der Waals surface area contributed by atoms with Crippen molar-refractivity contribution in [1.82, 2.24) is 0 Å². The van der Waals surface area contributed by atoms with E-state index in [0.717, 1.165) is 12.8 Å². The highest BCUT2D eigenvalue weighted by Crippen LogP contribution is 2.41. The fraction of sp³-hybridized carbons (Fsp3) is 0.600. The van der Waals surface area contributed by atoms with Crippen LogP contribution in [0.4, 0.5) is 11.4 Å². The molecule has 1 aliphatic rings. The van der Waals surface area contributed by atoms with Gasteiger partial charge in [0.25, 0.3) is 0 Å². The highest BCUT2D eigenvalue weighted by molar-refractivity contribution is 6.02. The molecule has 150 valence electrons. The van der Waals surface area contributed by atoms with Gasteiger partial charge in [0.15, 0.2) is 0 Å². The lowest BCUT2D eigenvalue weighted by molar-refractivity contribution is -0.117. The van der Waals surface area contributed by atoms with Crippen molar-refractivity contribution in [3.63, 3.8) is 0 Å². The highest BCUT2D eigenvalue weighted by atomic mass is 16.5. The largest absolute Gasteiger partial charge is 0.465 e. The lowest BCUT2D eigenvalue weighted by Gasteiger charge is -2.39. The van der Waals surface area contributed by atoms with Gasteiger partial charge < -0.3 is 19.8 Å². The summed E-state index contributed by atoms with van der Waals surface area (Å²) in [6, 6.07) is 5.23. The van der Waals surface area contributed by atoms with E-state index in [1.807, 2.05) is 11.9 Å². The van der Waals surface area contributed by atoms with E-state index in [2.05, 4.69) is 13.8 Å². The zero-order chi connectivity index (χ0) is 20.2. The third kappa shape index (κ3) is 3.80. The fourth-order valence-corrected chi connectivity index (χ4v) is 3.84. The summed E-state index contributed by atoms with van der Waals surface area (Å²) in [4.78, 5) is 28.2. The predicted molar refractivity (Wildman–Crippen MR) is 104 cm³/mol. The van der Waals surface area contributed by atoms with Gasteiger partial charge in [-0.1, -0.05) is 13.8 Å². The second-order valence-corrected chi connectivity index (χ2v) is 7.05. The molecule has 1 fully saturated rings. The minimum Gasteiger partial charge on any atom is -0.465 e. The summed E-state index contributed by atoms with van der Waals surface area (Å²) in [5.74, 6) is -0.604. The van der Waals surface area contributed by atoms with Gasteiger partial charge in [-0.25, -0.2) is 4.79 Å². The third-order valence-electron chi connectivity index (χ3n) is 5.62. The maximum Gasteiger partial charge on any atom is 0.337 e. The molecule has 1 aromatic carbocycles. The van der Waals surface area contributed by atoms with Crippen molar-refractivity contribution >= 4 is 23.3 Å². The van der Waals surface area contributed by atoms with E-state index >= 15 is 0 Å². The third-order valence-corrected chi connectivity index (χ3v) is 5.62. The Kier molecular flexibility index (Phi) is 6.84. The molecule has 1 amide bonds. The minimum atomic E-state index is -1.03. The zero-order valence-corrected chi connectivity index (χ0v) is 16.6. The number of nitrogens with zero attached hydrogens (tertiary/aromatic N) is 2. The van der Waals surface area contributed by atoms with Gasteiger partial charge in [0.1, 0.15) is 0 Å². The topological polar surface area (TPSA) is 90.3 Å². The molecule has 2 rings (SSSR count). The van der Waals surface area contributed by atoms with Crippen LogP contribution in [0.15, 0.2) is 18.2 Å². The molecule has 1 heterocycles. The Morgan fingerprint density at radius 1 is 1.30 bits per heavy atom. The first kappa shape index (κ1) is 21.2. The molecule has 0 aromatic heterocycles. The number of amides is 1. The number of carbonyl (C=O) groups excluding carboxylic acids is 2. The minimum absolute atomic E-state index is 0.150. The molecule has 0 saturated carbocycles. The molecule has 0 atom stereocenters. The maximum atomic E-state index is 12.7. The fourth-order valence-electron chi connectivity index (χ4n) is 3.84. The van der Waals surface area contributed by atoms with Crippen molar-refractivity contribution in [3.8, 4) is 0 Å². The predicted octanol–water partition coefficient (Wildman–Crippen LogP) is 1.95. The number of carbonyl (C=O) groups is 2. The first-order valence-corrected chi connectivity index (χ1v) is 9.39. The smallest absolute Gasteiger partial charge is 0.337 e. The van der Waals surface area contributed by atoms with Crippen LogP contribution >= 0.6 is 0 Å². The summed E-state index contributed by atoms with van der Waals surface area (Å²) in [5.41, 5.74) is 0.642. The zero-order valence-electron chi connectivity index (χ0n) is 16.6. The SMILES string of the molecule is CCC(CC)N(C)c1cc(C(=O)OC)ccc1N1C(=O)CCC1(CO)CO. The van der Waals surface area contributed by atoms with E-state index in [1.165, 1.54) is 12.0 Å². The number of rotatable bonds is 8. The number of anilines is 2. The van der Waals surface area contributed by atoms with Crippen molar-refractivity contribution in [2.45, 2.75) is 51.1 Å². The first-order valence-electron chi connectivity index (χ1n) is 9.39. The summed E-state index contributed by atoms with van der Waals surface area (Å²) in [5, 5.41) is 19.9. The number of aliphatic hydroxyl groups excluding tert-OH is 2. The van der Waals surface area contributed by atoms with Gasteiger partial charge in [0, 0.05) is 19.5 Å². The molecule has 0 unspecified atom stereocenters. The Morgan fingerprint density at radius 3 is 2.44 bits per heavy atom. The van der Waals surface area contributed by atoms with Gasteiger partial charge in [-0.2, -0.15) is 0 Å². The van der Waals surface area contributed by atoms with E-state index in [4.69, 9.17) is 4.74 Å². The molecule has 0 aliphatic carbocycles. The molecule has 1 saturated heterocycles. The average Bonchev–Trinajstić information content (AvgIpc) is 3.04. The molecule has 7 heteroatoms. The lowest BCUT2D eigenvalue weighted by Crippen LogP contribution is -2.52. The Morgan fingerprint density at radius 2 is 1.93 bits per heavy atom. The first-order chi connectivity index (χ1) is 12.9. The molecule has 0 spiro atoms. The number of hydrogen-bond acceptors (Lipinski definition) is 6. The summed E-state index contributed by atoms with van der Waals surface area (Å²) in [7, 11) is 3.25. The lowest BCUT2D eigenvalue weighted by atomic mass is 9.97. The van der Waals surface area contributed by atoms with Crippen LogP contribution in [0.2, 0.25) is 0 Å². The molecule has 0 radical (unpaired) electrons. The maximum absolute atomic E-state index is 12.7. The van der Waals surface area contributed by atoms with Crippen LogP contribution in [0.1, 0.15) is 49.9 Å². The van der Waals surface area contributed by atoms with Gasteiger partial charge in [-0.05, 0) is 37.5 Å². The van der Waals surface area contributed by atoms with Crippen LogP contribution in [0.3, 0.4) is 0 Å². The van der Waals surface area contributed by atoms with E-state index in [0.29, 0.717) is 23.4 Å². The summed E-state index contributed by atoms with van der Waals surface area (Å²) in [6.07, 6.45) is 2.43. The van der Waals surface area contributed by atoms with Crippen molar-refractivity contribution < 1.29 is 24.5 Å². The van der Waals surface area contributed by atoms with E-state index in [9.17, 15) is 19.8 Å². The van der Waals surface area contributed by atoms with Gasteiger partial charge in [0.05, 0.1) is 42.8 Å². The average molecular weight is 378 g/mol. The molecular weight excluding hydrogens is 348 g/mol. The van der Waals surface area contributed by atoms with Crippen molar-refractivity contribution in [1.29, 1.82) is 0 Å². The van der Waals surface area contributed by atoms with Crippen molar-refractivity contribution in [3.05, 3.63) is 23.8 Å². The van der Waals surface area contributed by atoms with Crippen LogP contribution < -0.4 is 9.80 Å². The van der Waals surface area contributed by atoms with Crippen molar-refractivity contribution in [2.75, 3.05) is 37.2 Å². The molecular formula is C20H30N2O5. The number of ether oxygens (including phenoxy) is 1. The normalized spacial score (nSPS) is 16.1. The van der Waals surface area contributed by atoms with Crippen LogP contribution in [-0.2, 0) is 9.53 Å². The summed E-state index contributed by atoms with van der Waals surface area (Å²) >= 11 is 0. The quantitative estimate of drug-likeness (QED) is 0.672. The number of benzene rings is 1. The molecule has 1 aromatic rings.